The van der Waals surface area contributed by atoms with Crippen LogP contribution in [0.2, 0.25) is 0 Å². The molecule has 0 aliphatic rings. The van der Waals surface area contributed by atoms with Gasteiger partial charge in [0.2, 0.25) is 0 Å². The monoisotopic (exact) mass is 396 g/mol. The molecular weight excluding hydrogens is 368 g/mol. The molecule has 0 unspecified atom stereocenters. The van der Waals surface area contributed by atoms with Crippen LogP contribution in [0.15, 0.2) is 108 Å². The van der Waals surface area contributed by atoms with E-state index in [-0.39, 0.29) is 0 Å². The van der Waals surface area contributed by atoms with Gasteiger partial charge in [0.1, 0.15) is 11.5 Å². The van der Waals surface area contributed by atoms with E-state index >= 15 is 0 Å². The van der Waals surface area contributed by atoms with Crippen molar-refractivity contribution >= 4 is 0 Å². The molecule has 0 aliphatic carbocycles. The zero-order chi connectivity index (χ0) is 20.4. The van der Waals surface area contributed by atoms with Crippen LogP contribution < -0.4 is 4.74 Å². The summed E-state index contributed by atoms with van der Waals surface area (Å²) < 4.78 is 11.2. The summed E-state index contributed by atoms with van der Waals surface area (Å²) in [5.74, 6) is 2.35. The largest absolute Gasteiger partial charge is 0.494 e. The number of hydrogen-bond donors (Lipinski definition) is 0. The van der Waals surface area contributed by atoms with E-state index in [0.717, 1.165) is 37.2 Å². The molecule has 4 aromatic rings. The van der Waals surface area contributed by atoms with Crippen molar-refractivity contribution in [3.05, 3.63) is 126 Å². The molecule has 3 aromatic carbocycles. The Labute approximate surface area is 179 Å². The van der Waals surface area contributed by atoms with Crippen LogP contribution in [0.5, 0.6) is 5.75 Å². The molecule has 1 heterocycles. The lowest BCUT2D eigenvalue weighted by atomic mass is 9.86. The molecule has 2 heteroatoms. The molecule has 0 amide bonds. The van der Waals surface area contributed by atoms with Crippen LogP contribution in [0.3, 0.4) is 0 Å². The van der Waals surface area contributed by atoms with Gasteiger partial charge in [0.25, 0.3) is 0 Å². The maximum atomic E-state index is 5.88. The van der Waals surface area contributed by atoms with Crippen LogP contribution >= 0.6 is 0 Å². The third-order valence-corrected chi connectivity index (χ3v) is 5.47. The van der Waals surface area contributed by atoms with E-state index in [0.29, 0.717) is 12.5 Å². The predicted octanol–water partition coefficient (Wildman–Crippen LogP) is 7.06. The van der Waals surface area contributed by atoms with Crippen LogP contribution in [-0.2, 0) is 12.8 Å². The highest BCUT2D eigenvalue weighted by Gasteiger charge is 2.13. The van der Waals surface area contributed by atoms with Gasteiger partial charge in [-0.15, -0.1) is 0 Å². The first-order valence-corrected chi connectivity index (χ1v) is 10.7. The van der Waals surface area contributed by atoms with E-state index < -0.39 is 0 Å². The Bertz CT molecular complexity index is 935. The van der Waals surface area contributed by atoms with Gasteiger partial charge in [-0.3, -0.25) is 0 Å². The molecule has 2 nitrogen and oxygen atoms in total. The fraction of sp³-hybridized carbons (Fsp3) is 0.214. The van der Waals surface area contributed by atoms with Gasteiger partial charge in [0.15, 0.2) is 0 Å². The maximum Gasteiger partial charge on any atom is 0.119 e. The summed E-state index contributed by atoms with van der Waals surface area (Å²) in [5.41, 5.74) is 4.09. The highest BCUT2D eigenvalue weighted by atomic mass is 16.5. The Morgan fingerprint density at radius 3 is 1.93 bits per heavy atom. The first-order chi connectivity index (χ1) is 14.9. The first kappa shape index (κ1) is 20.0. The van der Waals surface area contributed by atoms with Gasteiger partial charge in [-0.25, -0.2) is 0 Å². The van der Waals surface area contributed by atoms with Crippen molar-refractivity contribution < 1.29 is 9.15 Å². The van der Waals surface area contributed by atoms with Gasteiger partial charge in [0, 0.05) is 12.3 Å². The van der Waals surface area contributed by atoms with Crippen molar-refractivity contribution in [2.75, 3.05) is 6.61 Å². The number of furan rings is 1. The highest BCUT2D eigenvalue weighted by molar-refractivity contribution is 5.33. The second kappa shape index (κ2) is 10.5. The number of ether oxygens (including phenoxy) is 1. The van der Waals surface area contributed by atoms with E-state index in [1.54, 1.807) is 6.26 Å². The Morgan fingerprint density at radius 2 is 1.33 bits per heavy atom. The third kappa shape index (κ3) is 5.64. The Balaban J connectivity index is 1.31. The second-order valence-corrected chi connectivity index (χ2v) is 7.59. The van der Waals surface area contributed by atoms with Gasteiger partial charge >= 0.3 is 0 Å². The van der Waals surface area contributed by atoms with Gasteiger partial charge in [-0.05, 0) is 60.2 Å². The standard InChI is InChI=1S/C28H28O2/c1-3-9-24(10-4-1)28(25-11-5-2-6-12-25)20-17-23-15-18-27(19-16-23)30-22-8-14-26-13-7-21-29-26/h1-7,9-13,15-16,18-19,21,28H,8,14,17,20,22H2. The molecule has 0 N–H and O–H groups in total. The van der Waals surface area contributed by atoms with E-state index in [1.165, 1.54) is 16.7 Å². The number of hydrogen-bond acceptors (Lipinski definition) is 2. The molecule has 0 fully saturated rings. The van der Waals surface area contributed by atoms with Crippen LogP contribution in [0.25, 0.3) is 0 Å². The van der Waals surface area contributed by atoms with Crippen molar-refractivity contribution in [2.24, 2.45) is 0 Å². The van der Waals surface area contributed by atoms with E-state index in [1.807, 2.05) is 12.1 Å². The molecule has 0 aliphatic heterocycles. The Kier molecular flexibility index (Phi) is 7.01. The quantitative estimate of drug-likeness (QED) is 0.268. The zero-order valence-electron chi connectivity index (χ0n) is 17.2. The van der Waals surface area contributed by atoms with Crippen LogP contribution in [-0.4, -0.2) is 6.61 Å². The minimum atomic E-state index is 0.407. The Hall–Kier alpha value is -3.26. The van der Waals surface area contributed by atoms with Crippen molar-refractivity contribution in [1.29, 1.82) is 0 Å². The summed E-state index contributed by atoms with van der Waals surface area (Å²) in [6.07, 6.45) is 5.69. The lowest BCUT2D eigenvalue weighted by Crippen LogP contribution is -2.03. The molecule has 0 bridgehead atoms. The SMILES string of the molecule is c1ccc(C(CCc2ccc(OCCCc3ccco3)cc2)c2ccccc2)cc1. The summed E-state index contributed by atoms with van der Waals surface area (Å²) in [4.78, 5) is 0. The summed E-state index contributed by atoms with van der Waals surface area (Å²) in [6.45, 7) is 0.699. The van der Waals surface area contributed by atoms with Gasteiger partial charge in [-0.1, -0.05) is 72.8 Å². The van der Waals surface area contributed by atoms with Crippen LogP contribution in [0.4, 0.5) is 0 Å². The summed E-state index contributed by atoms with van der Waals surface area (Å²) in [6, 6.07) is 34.1. The fourth-order valence-corrected chi connectivity index (χ4v) is 3.85. The molecule has 4 rings (SSSR count). The van der Waals surface area contributed by atoms with Gasteiger partial charge < -0.3 is 9.15 Å². The molecule has 0 atom stereocenters. The van der Waals surface area contributed by atoms with Gasteiger partial charge in [0.05, 0.1) is 12.9 Å². The number of aryl methyl sites for hydroxylation is 2. The number of rotatable bonds is 10. The predicted molar refractivity (Wildman–Crippen MR) is 122 cm³/mol. The average molecular weight is 397 g/mol. The first-order valence-electron chi connectivity index (χ1n) is 10.7. The molecule has 30 heavy (non-hydrogen) atoms. The van der Waals surface area contributed by atoms with E-state index in [9.17, 15) is 0 Å². The zero-order valence-corrected chi connectivity index (χ0v) is 17.2. The van der Waals surface area contributed by atoms with Crippen LogP contribution in [0, 0.1) is 0 Å². The Morgan fingerprint density at radius 1 is 0.667 bits per heavy atom. The van der Waals surface area contributed by atoms with E-state index in [2.05, 4.69) is 84.9 Å². The topological polar surface area (TPSA) is 22.4 Å². The summed E-state index contributed by atoms with van der Waals surface area (Å²) >= 11 is 0. The van der Waals surface area contributed by atoms with Crippen LogP contribution in [0.1, 0.15) is 41.2 Å². The maximum absolute atomic E-state index is 5.88. The van der Waals surface area contributed by atoms with Crippen molar-refractivity contribution in [3.8, 4) is 5.75 Å². The molecule has 0 saturated heterocycles. The molecule has 0 saturated carbocycles. The average Bonchev–Trinajstić information content (AvgIpc) is 3.33. The lowest BCUT2D eigenvalue weighted by molar-refractivity contribution is 0.306. The van der Waals surface area contributed by atoms with Crippen molar-refractivity contribution in [2.45, 2.75) is 31.6 Å². The fourth-order valence-electron chi connectivity index (χ4n) is 3.85. The van der Waals surface area contributed by atoms with E-state index in [4.69, 9.17) is 9.15 Å². The van der Waals surface area contributed by atoms with Crippen molar-refractivity contribution in [3.63, 3.8) is 0 Å². The molecule has 1 aromatic heterocycles. The van der Waals surface area contributed by atoms with Crippen molar-refractivity contribution in [1.82, 2.24) is 0 Å². The molecule has 152 valence electrons. The normalized spacial score (nSPS) is 11.0. The summed E-state index contributed by atoms with van der Waals surface area (Å²) in [5, 5.41) is 0. The third-order valence-electron chi connectivity index (χ3n) is 5.47. The lowest BCUT2D eigenvalue weighted by Gasteiger charge is -2.18. The number of benzene rings is 3. The minimum absolute atomic E-state index is 0.407. The highest BCUT2D eigenvalue weighted by Crippen LogP contribution is 2.29. The second-order valence-electron chi connectivity index (χ2n) is 7.59. The molecule has 0 spiro atoms. The molecular formula is C28H28O2. The van der Waals surface area contributed by atoms with Gasteiger partial charge in [-0.2, -0.15) is 0 Å². The smallest absolute Gasteiger partial charge is 0.119 e. The minimum Gasteiger partial charge on any atom is -0.494 e. The molecule has 0 radical (unpaired) electrons. The summed E-state index contributed by atoms with van der Waals surface area (Å²) in [7, 11) is 0.